The van der Waals surface area contributed by atoms with Crippen molar-refractivity contribution >= 4 is 10.1 Å². The summed E-state index contributed by atoms with van der Waals surface area (Å²) < 4.78 is 31.3. The van der Waals surface area contributed by atoms with Crippen molar-refractivity contribution in [1.82, 2.24) is 14.6 Å². The second-order valence-corrected chi connectivity index (χ2v) is 9.43. The molecule has 168 valence electrons. The number of H-pyrrole nitrogens is 1. The first-order valence-corrected chi connectivity index (χ1v) is 11.3. The summed E-state index contributed by atoms with van der Waals surface area (Å²) >= 11 is 0. The van der Waals surface area contributed by atoms with Crippen LogP contribution in [0.25, 0.3) is 0 Å². The van der Waals surface area contributed by atoms with Gasteiger partial charge >= 0.3 is 5.69 Å². The smallest absolute Gasteiger partial charge is 0.274 e. The fourth-order valence-electron chi connectivity index (χ4n) is 3.33. The van der Waals surface area contributed by atoms with Gasteiger partial charge in [0.1, 0.15) is 0 Å². The fraction of sp³-hybridized carbons (Fsp3) is 0.429. The molecule has 2 aromatic rings. The van der Waals surface area contributed by atoms with Gasteiger partial charge in [-0.3, -0.25) is 23.4 Å². The van der Waals surface area contributed by atoms with Crippen molar-refractivity contribution in [3.63, 3.8) is 0 Å². The highest BCUT2D eigenvalue weighted by molar-refractivity contribution is 7.86. The summed E-state index contributed by atoms with van der Waals surface area (Å²) in [6.45, 7) is 7.43. The van der Waals surface area contributed by atoms with Gasteiger partial charge in [0, 0.05) is 24.7 Å². The van der Waals surface area contributed by atoms with Gasteiger partial charge in [0.05, 0.1) is 17.5 Å². The first-order valence-electron chi connectivity index (χ1n) is 9.93. The Labute approximate surface area is 181 Å². The van der Waals surface area contributed by atoms with Gasteiger partial charge in [0.2, 0.25) is 0 Å². The van der Waals surface area contributed by atoms with E-state index in [1.807, 2.05) is 26.8 Å². The minimum Gasteiger partial charge on any atom is -0.274 e. The monoisotopic (exact) mass is 449 g/mol. The minimum atomic E-state index is -3.88. The number of allylic oxidation sites excluding steroid dienone is 1. The van der Waals surface area contributed by atoms with Gasteiger partial charge in [-0.05, 0) is 39.8 Å². The standard InChI is InChI=1S/C21H27N3O6S/c1-14(2)11-17-12-19(23-13-16(4)20(25)22-21(23)26)30-24(17)9-10-29-31(27,28)18-7-5-15(3)6-8-18/h5-8,11,13,17,19H,9-10,12H2,1-4H3,(H,22,25,26)/t17-,19-/m1/s1. The topological polar surface area (TPSA) is 111 Å². The highest BCUT2D eigenvalue weighted by Gasteiger charge is 2.34. The predicted octanol–water partition coefficient (Wildman–Crippen LogP) is 2.03. The fourth-order valence-corrected chi connectivity index (χ4v) is 4.23. The Bertz CT molecular complexity index is 1180. The number of hydrogen-bond donors (Lipinski definition) is 1. The Morgan fingerprint density at radius 3 is 2.55 bits per heavy atom. The van der Waals surface area contributed by atoms with Crippen LogP contribution in [0.15, 0.2) is 56.6 Å². The molecule has 1 N–H and O–H groups in total. The molecule has 0 radical (unpaired) electrons. The third kappa shape index (κ3) is 5.59. The summed E-state index contributed by atoms with van der Waals surface area (Å²) in [5.41, 5.74) is 1.40. The molecule has 1 fully saturated rings. The highest BCUT2D eigenvalue weighted by Crippen LogP contribution is 2.29. The largest absolute Gasteiger partial charge is 0.330 e. The molecule has 9 nitrogen and oxygen atoms in total. The number of aryl methyl sites for hydroxylation is 2. The molecule has 2 atom stereocenters. The average Bonchev–Trinajstić information content (AvgIpc) is 3.06. The number of hydrogen-bond acceptors (Lipinski definition) is 7. The molecule has 10 heteroatoms. The van der Waals surface area contributed by atoms with Crippen LogP contribution in [-0.2, 0) is 19.1 Å². The zero-order valence-electron chi connectivity index (χ0n) is 18.0. The van der Waals surface area contributed by atoms with Gasteiger partial charge in [-0.2, -0.15) is 13.5 Å². The third-order valence-electron chi connectivity index (χ3n) is 4.91. The van der Waals surface area contributed by atoms with Crippen molar-refractivity contribution in [3.05, 3.63) is 74.1 Å². The van der Waals surface area contributed by atoms with Crippen LogP contribution < -0.4 is 11.2 Å². The van der Waals surface area contributed by atoms with E-state index in [0.717, 1.165) is 11.1 Å². The second-order valence-electron chi connectivity index (χ2n) is 7.82. The predicted molar refractivity (Wildman–Crippen MR) is 115 cm³/mol. The zero-order valence-corrected chi connectivity index (χ0v) is 18.8. The van der Waals surface area contributed by atoms with Gasteiger partial charge in [-0.25, -0.2) is 4.79 Å². The van der Waals surface area contributed by atoms with Crippen LogP contribution in [-0.4, -0.2) is 42.2 Å². The lowest BCUT2D eigenvalue weighted by Gasteiger charge is -2.20. The van der Waals surface area contributed by atoms with E-state index in [1.165, 1.54) is 22.9 Å². The van der Waals surface area contributed by atoms with E-state index in [2.05, 4.69) is 4.98 Å². The lowest BCUT2D eigenvalue weighted by molar-refractivity contribution is -0.181. The Hall–Kier alpha value is -2.53. The summed E-state index contributed by atoms with van der Waals surface area (Å²) in [5.74, 6) is 0. The maximum Gasteiger partial charge on any atom is 0.330 e. The van der Waals surface area contributed by atoms with Crippen molar-refractivity contribution in [1.29, 1.82) is 0 Å². The van der Waals surface area contributed by atoms with Crippen LogP contribution in [0.2, 0.25) is 0 Å². The number of aromatic amines is 1. The highest BCUT2D eigenvalue weighted by atomic mass is 32.2. The molecular weight excluding hydrogens is 422 g/mol. The van der Waals surface area contributed by atoms with Gasteiger partial charge < -0.3 is 0 Å². The van der Waals surface area contributed by atoms with E-state index >= 15 is 0 Å². The van der Waals surface area contributed by atoms with Crippen LogP contribution in [0.5, 0.6) is 0 Å². The van der Waals surface area contributed by atoms with E-state index < -0.39 is 27.6 Å². The van der Waals surface area contributed by atoms with Gasteiger partial charge in [0.25, 0.3) is 15.7 Å². The van der Waals surface area contributed by atoms with Crippen molar-refractivity contribution in [2.45, 2.75) is 51.3 Å². The van der Waals surface area contributed by atoms with Crippen molar-refractivity contribution in [3.8, 4) is 0 Å². The molecule has 1 aliphatic rings. The molecule has 0 unspecified atom stereocenters. The number of nitrogens with one attached hydrogen (secondary N) is 1. The molecule has 1 aromatic heterocycles. The Morgan fingerprint density at radius 2 is 1.90 bits per heavy atom. The Balaban J connectivity index is 1.72. The minimum absolute atomic E-state index is 0.0921. The van der Waals surface area contributed by atoms with E-state index in [-0.39, 0.29) is 24.1 Å². The number of nitrogens with zero attached hydrogens (tertiary/aromatic N) is 2. The van der Waals surface area contributed by atoms with Crippen molar-refractivity contribution < 1.29 is 17.4 Å². The number of hydroxylamine groups is 2. The van der Waals surface area contributed by atoms with E-state index in [1.54, 1.807) is 24.1 Å². The quantitative estimate of drug-likeness (QED) is 0.509. The molecule has 0 bridgehead atoms. The molecule has 2 heterocycles. The van der Waals surface area contributed by atoms with Gasteiger partial charge in [-0.1, -0.05) is 29.3 Å². The average molecular weight is 450 g/mol. The van der Waals surface area contributed by atoms with E-state index in [9.17, 15) is 18.0 Å². The van der Waals surface area contributed by atoms with Crippen LogP contribution in [0, 0.1) is 13.8 Å². The molecular formula is C21H27N3O6S. The van der Waals surface area contributed by atoms with E-state index in [0.29, 0.717) is 12.0 Å². The van der Waals surface area contributed by atoms with Gasteiger partial charge in [0.15, 0.2) is 6.23 Å². The summed E-state index contributed by atoms with van der Waals surface area (Å²) in [7, 11) is -3.88. The number of benzene rings is 1. The normalized spacial score (nSPS) is 19.5. The summed E-state index contributed by atoms with van der Waals surface area (Å²) in [6, 6.07) is 6.24. The summed E-state index contributed by atoms with van der Waals surface area (Å²) in [5, 5.41) is 1.61. The maximum atomic E-state index is 12.4. The van der Waals surface area contributed by atoms with Crippen LogP contribution in [0.4, 0.5) is 0 Å². The molecule has 0 spiro atoms. The molecule has 0 saturated carbocycles. The molecule has 1 aliphatic heterocycles. The molecule has 0 amide bonds. The Morgan fingerprint density at radius 1 is 1.23 bits per heavy atom. The first-order chi connectivity index (χ1) is 14.6. The molecule has 0 aliphatic carbocycles. The SMILES string of the molecule is CC(C)=C[C@@H]1C[C@H](n2cc(C)c(=O)[nH]c2=O)ON1CCOS(=O)(=O)c1ccc(C)cc1. The third-order valence-corrected chi connectivity index (χ3v) is 6.24. The lowest BCUT2D eigenvalue weighted by Crippen LogP contribution is -2.34. The first kappa shape index (κ1) is 23.1. The van der Waals surface area contributed by atoms with Crippen LogP contribution in [0.3, 0.4) is 0 Å². The number of rotatable bonds is 7. The van der Waals surface area contributed by atoms with E-state index in [4.69, 9.17) is 9.02 Å². The van der Waals surface area contributed by atoms with Crippen molar-refractivity contribution in [2.75, 3.05) is 13.2 Å². The molecule has 3 rings (SSSR count). The Kier molecular flexibility index (Phi) is 6.95. The summed E-state index contributed by atoms with van der Waals surface area (Å²) in [6.07, 6.45) is 3.28. The van der Waals surface area contributed by atoms with Crippen LogP contribution >= 0.6 is 0 Å². The molecule has 31 heavy (non-hydrogen) atoms. The van der Waals surface area contributed by atoms with Gasteiger partial charge in [-0.15, -0.1) is 0 Å². The maximum absolute atomic E-state index is 12.4. The van der Waals surface area contributed by atoms with Crippen LogP contribution in [0.1, 0.15) is 37.6 Å². The lowest BCUT2D eigenvalue weighted by atomic mass is 10.1. The summed E-state index contributed by atoms with van der Waals surface area (Å²) in [4.78, 5) is 32.2. The number of aromatic nitrogens is 2. The van der Waals surface area contributed by atoms with Crippen molar-refractivity contribution in [2.24, 2.45) is 0 Å². The molecule has 1 aromatic carbocycles. The zero-order chi connectivity index (χ0) is 22.8. The molecule has 1 saturated heterocycles. The second kappa shape index (κ2) is 9.31.